The quantitative estimate of drug-likeness (QED) is 0.806. The summed E-state index contributed by atoms with van der Waals surface area (Å²) in [7, 11) is 0. The molecule has 0 unspecified atom stereocenters. The second-order valence-corrected chi connectivity index (χ2v) is 4.21. The molecule has 1 aromatic heterocycles. The predicted octanol–water partition coefficient (Wildman–Crippen LogP) is 0.346. The van der Waals surface area contributed by atoms with E-state index in [4.69, 9.17) is 10.5 Å². The summed E-state index contributed by atoms with van der Waals surface area (Å²) in [5.41, 5.74) is 6.60. The van der Waals surface area contributed by atoms with Gasteiger partial charge < -0.3 is 15.4 Å². The predicted molar refractivity (Wildman–Crippen MR) is 63.6 cm³/mol. The zero-order valence-electron chi connectivity index (χ0n) is 10.2. The van der Waals surface area contributed by atoms with Gasteiger partial charge in [0.15, 0.2) is 5.69 Å². The van der Waals surface area contributed by atoms with Gasteiger partial charge in [-0.05, 0) is 13.8 Å². The zero-order chi connectivity index (χ0) is 12.4. The van der Waals surface area contributed by atoms with Crippen LogP contribution in [0, 0.1) is 0 Å². The average Bonchev–Trinajstić information content (AvgIpc) is 2.70. The van der Waals surface area contributed by atoms with Gasteiger partial charge in [-0.15, -0.1) is 0 Å². The molecule has 0 saturated carbocycles. The highest BCUT2D eigenvalue weighted by molar-refractivity contribution is 5.97. The molecule has 1 atom stereocenters. The molecule has 1 aromatic rings. The fourth-order valence-electron chi connectivity index (χ4n) is 1.93. The van der Waals surface area contributed by atoms with Crippen molar-refractivity contribution in [1.29, 1.82) is 0 Å². The molecule has 6 nitrogen and oxygen atoms in total. The van der Waals surface area contributed by atoms with E-state index in [1.165, 1.54) is 0 Å². The van der Waals surface area contributed by atoms with Gasteiger partial charge in [-0.2, -0.15) is 5.10 Å². The van der Waals surface area contributed by atoms with E-state index in [0.717, 1.165) is 0 Å². The third-order valence-electron chi connectivity index (χ3n) is 2.95. The van der Waals surface area contributed by atoms with Gasteiger partial charge >= 0.3 is 0 Å². The van der Waals surface area contributed by atoms with Crippen LogP contribution in [0.25, 0.3) is 0 Å². The van der Waals surface area contributed by atoms with E-state index in [2.05, 4.69) is 5.10 Å². The number of amides is 1. The van der Waals surface area contributed by atoms with Crippen molar-refractivity contribution in [3.63, 3.8) is 0 Å². The number of carbonyl (C=O) groups is 1. The van der Waals surface area contributed by atoms with Gasteiger partial charge in [0, 0.05) is 19.3 Å². The number of nitrogens with two attached hydrogens (primary N) is 1. The molecule has 1 aliphatic heterocycles. The molecule has 2 heterocycles. The second-order valence-electron chi connectivity index (χ2n) is 4.21. The Kier molecular flexibility index (Phi) is 3.33. The summed E-state index contributed by atoms with van der Waals surface area (Å²) in [4.78, 5) is 14.0. The summed E-state index contributed by atoms with van der Waals surface area (Å²) in [6.45, 7) is 6.36. The van der Waals surface area contributed by atoms with Crippen LogP contribution in [0.4, 0.5) is 5.69 Å². The third-order valence-corrected chi connectivity index (χ3v) is 2.95. The van der Waals surface area contributed by atoms with Crippen LogP contribution in [-0.2, 0) is 11.3 Å². The van der Waals surface area contributed by atoms with E-state index in [-0.39, 0.29) is 11.9 Å². The van der Waals surface area contributed by atoms with Crippen molar-refractivity contribution in [3.8, 4) is 0 Å². The highest BCUT2D eigenvalue weighted by Crippen LogP contribution is 2.16. The Morgan fingerprint density at radius 2 is 2.47 bits per heavy atom. The molecule has 2 rings (SSSR count). The fraction of sp³-hybridized carbons (Fsp3) is 0.636. The van der Waals surface area contributed by atoms with Gasteiger partial charge in [-0.3, -0.25) is 9.48 Å². The summed E-state index contributed by atoms with van der Waals surface area (Å²) in [6, 6.07) is 0.0717. The van der Waals surface area contributed by atoms with Crippen LogP contribution in [0.5, 0.6) is 0 Å². The van der Waals surface area contributed by atoms with Crippen LogP contribution in [0.1, 0.15) is 24.3 Å². The van der Waals surface area contributed by atoms with Gasteiger partial charge in [0.25, 0.3) is 5.91 Å². The number of carbonyl (C=O) groups excluding carboxylic acids is 1. The number of ether oxygens (including phenoxy) is 1. The smallest absolute Gasteiger partial charge is 0.276 e. The van der Waals surface area contributed by atoms with Gasteiger partial charge in [0.1, 0.15) is 0 Å². The standard InChI is InChI=1S/C11H18N4O2/c1-3-14-6-9(12)10(13-14)11(16)15-4-5-17-7-8(15)2/h6,8H,3-5,7,12H2,1-2H3/t8-/m1/s1. The molecule has 2 N–H and O–H groups in total. The van der Waals surface area contributed by atoms with Crippen LogP contribution in [-0.4, -0.2) is 46.4 Å². The number of nitrogens with zero attached hydrogens (tertiary/aromatic N) is 3. The van der Waals surface area contributed by atoms with E-state index in [9.17, 15) is 4.79 Å². The van der Waals surface area contributed by atoms with E-state index in [0.29, 0.717) is 37.7 Å². The molecule has 0 aliphatic carbocycles. The van der Waals surface area contributed by atoms with Crippen LogP contribution >= 0.6 is 0 Å². The highest BCUT2D eigenvalue weighted by atomic mass is 16.5. The topological polar surface area (TPSA) is 73.4 Å². The lowest BCUT2D eigenvalue weighted by molar-refractivity contribution is 0.00328. The third kappa shape index (κ3) is 2.26. The number of nitrogen functional groups attached to an aromatic ring is 1. The summed E-state index contributed by atoms with van der Waals surface area (Å²) in [5, 5.41) is 4.20. The minimum atomic E-state index is -0.106. The van der Waals surface area contributed by atoms with Crippen molar-refractivity contribution in [2.75, 3.05) is 25.5 Å². The Balaban J connectivity index is 2.20. The molecule has 0 spiro atoms. The number of morpholine rings is 1. The summed E-state index contributed by atoms with van der Waals surface area (Å²) in [6.07, 6.45) is 1.69. The van der Waals surface area contributed by atoms with E-state index >= 15 is 0 Å². The number of rotatable bonds is 2. The van der Waals surface area contributed by atoms with Crippen molar-refractivity contribution in [1.82, 2.24) is 14.7 Å². The monoisotopic (exact) mass is 238 g/mol. The zero-order valence-corrected chi connectivity index (χ0v) is 10.2. The summed E-state index contributed by atoms with van der Waals surface area (Å²) in [5.74, 6) is -0.106. The maximum absolute atomic E-state index is 12.3. The number of hydrogen-bond acceptors (Lipinski definition) is 4. The van der Waals surface area contributed by atoms with Gasteiger partial charge in [0.2, 0.25) is 0 Å². The average molecular weight is 238 g/mol. The van der Waals surface area contributed by atoms with Gasteiger partial charge in [0.05, 0.1) is 24.9 Å². The fourth-order valence-corrected chi connectivity index (χ4v) is 1.93. The van der Waals surface area contributed by atoms with E-state index in [1.54, 1.807) is 15.8 Å². The van der Waals surface area contributed by atoms with Crippen molar-refractivity contribution >= 4 is 11.6 Å². The number of hydrogen-bond donors (Lipinski definition) is 1. The maximum atomic E-state index is 12.3. The molecule has 17 heavy (non-hydrogen) atoms. The Labute approximate surface area is 100 Å². The van der Waals surface area contributed by atoms with Gasteiger partial charge in [-0.1, -0.05) is 0 Å². The largest absolute Gasteiger partial charge is 0.396 e. The lowest BCUT2D eigenvalue weighted by Gasteiger charge is -2.32. The SMILES string of the molecule is CCn1cc(N)c(C(=O)N2CCOC[C@H]2C)n1. The van der Waals surface area contributed by atoms with Crippen LogP contribution in [0.2, 0.25) is 0 Å². The molecular formula is C11H18N4O2. The molecule has 1 saturated heterocycles. The molecular weight excluding hydrogens is 220 g/mol. The molecule has 0 radical (unpaired) electrons. The van der Waals surface area contributed by atoms with Crippen molar-refractivity contribution in [3.05, 3.63) is 11.9 Å². The van der Waals surface area contributed by atoms with Crippen LogP contribution in [0.3, 0.4) is 0 Å². The van der Waals surface area contributed by atoms with Crippen molar-refractivity contribution in [2.24, 2.45) is 0 Å². The Morgan fingerprint density at radius 3 is 3.06 bits per heavy atom. The first-order valence-electron chi connectivity index (χ1n) is 5.85. The Bertz CT molecular complexity index is 416. The Hall–Kier alpha value is -1.56. The first-order valence-corrected chi connectivity index (χ1v) is 5.85. The van der Waals surface area contributed by atoms with Crippen molar-refractivity contribution < 1.29 is 9.53 Å². The minimum absolute atomic E-state index is 0.0717. The molecule has 6 heteroatoms. The number of aromatic nitrogens is 2. The first-order chi connectivity index (χ1) is 8.13. The van der Waals surface area contributed by atoms with Crippen LogP contribution in [0.15, 0.2) is 6.20 Å². The first kappa shape index (κ1) is 11.9. The minimum Gasteiger partial charge on any atom is -0.396 e. The van der Waals surface area contributed by atoms with Gasteiger partial charge in [-0.25, -0.2) is 0 Å². The van der Waals surface area contributed by atoms with E-state index in [1.807, 2.05) is 13.8 Å². The van der Waals surface area contributed by atoms with E-state index < -0.39 is 0 Å². The highest BCUT2D eigenvalue weighted by Gasteiger charge is 2.27. The molecule has 1 fully saturated rings. The molecule has 94 valence electrons. The molecule has 0 bridgehead atoms. The van der Waals surface area contributed by atoms with Crippen LogP contribution < -0.4 is 5.73 Å². The number of aryl methyl sites for hydroxylation is 1. The second kappa shape index (κ2) is 4.75. The number of anilines is 1. The lowest BCUT2D eigenvalue weighted by atomic mass is 10.2. The summed E-state index contributed by atoms with van der Waals surface area (Å²) >= 11 is 0. The summed E-state index contributed by atoms with van der Waals surface area (Å²) < 4.78 is 6.98. The lowest BCUT2D eigenvalue weighted by Crippen LogP contribution is -2.47. The maximum Gasteiger partial charge on any atom is 0.276 e. The molecule has 1 amide bonds. The normalized spacial score (nSPS) is 20.6. The molecule has 0 aromatic carbocycles. The molecule has 1 aliphatic rings. The van der Waals surface area contributed by atoms with Crippen molar-refractivity contribution in [2.45, 2.75) is 26.4 Å². The Morgan fingerprint density at radius 1 is 1.71 bits per heavy atom.